The number of ether oxygens (including phenoxy) is 1. The van der Waals surface area contributed by atoms with Crippen LogP contribution in [0.15, 0.2) is 30.5 Å². The Morgan fingerprint density at radius 1 is 1.31 bits per heavy atom. The molecule has 4 rings (SSSR count). The minimum absolute atomic E-state index is 0.0434. The summed E-state index contributed by atoms with van der Waals surface area (Å²) in [4.78, 5) is 18.5. The van der Waals surface area contributed by atoms with Crippen LogP contribution in [0.4, 0.5) is 4.39 Å². The molecule has 1 aliphatic carbocycles. The van der Waals surface area contributed by atoms with Crippen LogP contribution in [0.1, 0.15) is 37.5 Å². The van der Waals surface area contributed by atoms with E-state index in [0.717, 1.165) is 18.7 Å². The zero-order chi connectivity index (χ0) is 18.1. The zero-order valence-corrected chi connectivity index (χ0v) is 14.5. The third-order valence-electron chi connectivity index (χ3n) is 4.96. The molecule has 1 aliphatic heterocycles. The van der Waals surface area contributed by atoms with Crippen LogP contribution >= 0.6 is 0 Å². The average Bonchev–Trinajstić information content (AvgIpc) is 3.31. The fourth-order valence-corrected chi connectivity index (χ4v) is 3.51. The van der Waals surface area contributed by atoms with Crippen LogP contribution in [0.3, 0.4) is 0 Å². The summed E-state index contributed by atoms with van der Waals surface area (Å²) in [5, 5.41) is 8.41. The largest absolute Gasteiger partial charge is 0.467 e. The second kappa shape index (κ2) is 6.86. The van der Waals surface area contributed by atoms with Gasteiger partial charge in [-0.3, -0.25) is 4.79 Å². The molecular formula is C18H20FN5O2. The van der Waals surface area contributed by atoms with E-state index in [1.807, 2.05) is 16.4 Å². The lowest BCUT2D eigenvalue weighted by atomic mass is 10.0. The highest BCUT2D eigenvalue weighted by atomic mass is 19.1. The number of carbonyl (C=O) groups excluding carboxylic acids is 1. The molecule has 0 N–H and O–H groups in total. The molecule has 1 unspecified atom stereocenters. The van der Waals surface area contributed by atoms with Gasteiger partial charge < -0.3 is 14.2 Å². The van der Waals surface area contributed by atoms with E-state index in [2.05, 4.69) is 27.3 Å². The molecule has 0 bridgehead atoms. The first-order valence-corrected chi connectivity index (χ1v) is 8.76. The van der Waals surface area contributed by atoms with Crippen LogP contribution in [0.25, 0.3) is 0 Å². The van der Waals surface area contributed by atoms with Crippen LogP contribution in [0, 0.1) is 11.7 Å². The number of halogens is 1. The third-order valence-corrected chi connectivity index (χ3v) is 4.96. The molecule has 2 aromatic heterocycles. The molecule has 7 nitrogen and oxygen atoms in total. The van der Waals surface area contributed by atoms with Crippen molar-refractivity contribution in [3.05, 3.63) is 47.9 Å². The molecule has 2 aliphatic rings. The first-order valence-electron chi connectivity index (χ1n) is 8.76. The summed E-state index contributed by atoms with van der Waals surface area (Å²) < 4.78 is 21.0. The molecule has 8 heteroatoms. The lowest BCUT2D eigenvalue weighted by Gasteiger charge is -2.35. The minimum Gasteiger partial charge on any atom is -0.467 e. The minimum atomic E-state index is -0.513. The number of hydrogen-bond acceptors (Lipinski definition) is 5. The first kappa shape index (κ1) is 16.7. The van der Waals surface area contributed by atoms with E-state index < -0.39 is 5.82 Å². The predicted molar refractivity (Wildman–Crippen MR) is 90.5 cm³/mol. The molecule has 1 atom stereocenters. The van der Waals surface area contributed by atoms with Crippen LogP contribution in [-0.4, -0.2) is 37.1 Å². The van der Waals surface area contributed by atoms with Gasteiger partial charge in [0.25, 0.3) is 5.88 Å². The third kappa shape index (κ3) is 2.95. The quantitative estimate of drug-likeness (QED) is 0.785. The molecule has 0 saturated carbocycles. The van der Waals surface area contributed by atoms with Gasteiger partial charge in [-0.1, -0.05) is 12.2 Å². The van der Waals surface area contributed by atoms with Crippen molar-refractivity contribution in [2.75, 3.05) is 6.54 Å². The summed E-state index contributed by atoms with van der Waals surface area (Å²) in [6.07, 6.45) is 7.21. The number of carbonyl (C=O) groups is 1. The summed E-state index contributed by atoms with van der Waals surface area (Å²) in [5.74, 6) is 0.981. The Bertz CT molecular complexity index is 842. The number of allylic oxidation sites excluding steroid dienone is 2. The van der Waals surface area contributed by atoms with Crippen molar-refractivity contribution in [1.82, 2.24) is 24.6 Å². The van der Waals surface area contributed by atoms with Crippen LogP contribution < -0.4 is 4.74 Å². The molecule has 0 fully saturated rings. The number of aromatic nitrogens is 4. The lowest BCUT2D eigenvalue weighted by Crippen LogP contribution is -2.44. The molecule has 0 spiro atoms. The van der Waals surface area contributed by atoms with E-state index >= 15 is 0 Å². The van der Waals surface area contributed by atoms with Crippen molar-refractivity contribution in [3.8, 4) is 5.88 Å². The maximum absolute atomic E-state index is 13.6. The smallest absolute Gasteiger partial charge is 0.250 e. The summed E-state index contributed by atoms with van der Waals surface area (Å²) in [7, 11) is 0. The highest BCUT2D eigenvalue weighted by molar-refractivity contribution is 5.80. The van der Waals surface area contributed by atoms with Gasteiger partial charge in [-0.05, 0) is 31.9 Å². The molecule has 1 amide bonds. The molecular weight excluding hydrogens is 337 g/mol. The molecule has 2 aromatic rings. The van der Waals surface area contributed by atoms with E-state index in [1.165, 1.54) is 18.3 Å². The monoisotopic (exact) mass is 357 g/mol. The fraction of sp³-hybridized carbons (Fsp3) is 0.444. The van der Waals surface area contributed by atoms with Gasteiger partial charge in [0.2, 0.25) is 5.91 Å². The lowest BCUT2D eigenvalue weighted by molar-refractivity contribution is -0.138. The number of nitrogens with zero attached hydrogens (tertiary/aromatic N) is 5. The van der Waals surface area contributed by atoms with Crippen molar-refractivity contribution in [1.29, 1.82) is 0 Å². The van der Waals surface area contributed by atoms with Crippen molar-refractivity contribution in [2.24, 2.45) is 5.92 Å². The Labute approximate surface area is 150 Å². The fourth-order valence-electron chi connectivity index (χ4n) is 3.51. The van der Waals surface area contributed by atoms with Crippen LogP contribution in [0.5, 0.6) is 5.88 Å². The number of hydrogen-bond donors (Lipinski definition) is 0. The number of fused-ring (bicyclic) bond motifs is 1. The average molecular weight is 357 g/mol. The molecule has 0 saturated heterocycles. The van der Waals surface area contributed by atoms with Crippen LogP contribution in [0.2, 0.25) is 0 Å². The molecule has 26 heavy (non-hydrogen) atoms. The van der Waals surface area contributed by atoms with Gasteiger partial charge in [0, 0.05) is 25.2 Å². The van der Waals surface area contributed by atoms with Gasteiger partial charge >= 0.3 is 0 Å². The standard InChI is InChI=1S/C18H20FN5O2/c1-12-16-22-21-15(11-26-17-14(19)7-4-8-20-17)24(16)10-9-23(12)18(25)13-5-2-3-6-13/h2-4,7-8,12-13H,5-6,9-11H2,1H3. The second-order valence-electron chi connectivity index (χ2n) is 6.55. The normalized spacial score (nSPS) is 19.6. The predicted octanol–water partition coefficient (Wildman–Crippen LogP) is 2.26. The van der Waals surface area contributed by atoms with E-state index in [-0.39, 0.29) is 30.4 Å². The Morgan fingerprint density at radius 3 is 2.88 bits per heavy atom. The number of pyridine rings is 1. The number of amides is 1. The summed E-state index contributed by atoms with van der Waals surface area (Å²) in [6.45, 7) is 3.24. The SMILES string of the molecule is CC1c2nnc(COc3ncccc3F)n2CCN1C(=O)C1CC=CC1. The Morgan fingerprint density at radius 2 is 2.12 bits per heavy atom. The van der Waals surface area contributed by atoms with Crippen molar-refractivity contribution in [2.45, 2.75) is 39.0 Å². The zero-order valence-electron chi connectivity index (χ0n) is 14.5. The van der Waals surface area contributed by atoms with Gasteiger partial charge in [0.15, 0.2) is 17.5 Å². The second-order valence-corrected chi connectivity index (χ2v) is 6.55. The summed E-state index contributed by atoms with van der Waals surface area (Å²) in [5.41, 5.74) is 0. The molecule has 0 radical (unpaired) electrons. The van der Waals surface area contributed by atoms with Crippen molar-refractivity contribution >= 4 is 5.91 Å². The summed E-state index contributed by atoms with van der Waals surface area (Å²) >= 11 is 0. The van der Waals surface area contributed by atoms with Gasteiger partial charge in [0.05, 0.1) is 6.04 Å². The maximum Gasteiger partial charge on any atom is 0.250 e. The van der Waals surface area contributed by atoms with Gasteiger partial charge in [0.1, 0.15) is 6.61 Å². The molecule has 136 valence electrons. The van der Waals surface area contributed by atoms with Crippen molar-refractivity contribution < 1.29 is 13.9 Å². The van der Waals surface area contributed by atoms with E-state index in [9.17, 15) is 9.18 Å². The van der Waals surface area contributed by atoms with Crippen LogP contribution in [-0.2, 0) is 17.9 Å². The highest BCUT2D eigenvalue weighted by Crippen LogP contribution is 2.29. The van der Waals surface area contributed by atoms with E-state index in [4.69, 9.17) is 4.74 Å². The Kier molecular flexibility index (Phi) is 4.40. The Hall–Kier alpha value is -2.77. The molecule has 3 heterocycles. The topological polar surface area (TPSA) is 73.1 Å². The number of rotatable bonds is 4. The maximum atomic E-state index is 13.6. The van der Waals surface area contributed by atoms with E-state index in [1.54, 1.807) is 0 Å². The van der Waals surface area contributed by atoms with E-state index in [0.29, 0.717) is 18.9 Å². The Balaban J connectivity index is 1.47. The summed E-state index contributed by atoms with van der Waals surface area (Å²) in [6, 6.07) is 2.66. The van der Waals surface area contributed by atoms with Crippen molar-refractivity contribution in [3.63, 3.8) is 0 Å². The van der Waals surface area contributed by atoms with Gasteiger partial charge in [-0.15, -0.1) is 10.2 Å². The van der Waals surface area contributed by atoms with Gasteiger partial charge in [-0.2, -0.15) is 0 Å². The first-order chi connectivity index (χ1) is 12.6. The highest BCUT2D eigenvalue weighted by Gasteiger charge is 2.34. The molecule has 0 aromatic carbocycles. The van der Waals surface area contributed by atoms with Gasteiger partial charge in [-0.25, -0.2) is 9.37 Å².